The lowest BCUT2D eigenvalue weighted by Crippen LogP contribution is -2.28. The molecule has 2 N–H and O–H groups in total. The summed E-state index contributed by atoms with van der Waals surface area (Å²) < 4.78 is 19.2. The molecule has 2 atom stereocenters. The Hall–Kier alpha value is -1.10. The average molecular weight is 300 g/mol. The van der Waals surface area contributed by atoms with Crippen LogP contribution in [0, 0.1) is 12.7 Å². The molecule has 2 nitrogen and oxygen atoms in total. The van der Waals surface area contributed by atoms with Crippen molar-refractivity contribution in [3.8, 4) is 5.75 Å². The molecule has 1 heterocycles. The molecule has 0 aliphatic rings. The first-order valence-electron chi connectivity index (χ1n) is 5.90. The Labute approximate surface area is 121 Å². The van der Waals surface area contributed by atoms with E-state index < -0.39 is 5.82 Å². The molecule has 5 heteroatoms. The monoisotopic (exact) mass is 299 g/mol. The molecule has 0 bridgehead atoms. The molecule has 0 spiro atoms. The van der Waals surface area contributed by atoms with Gasteiger partial charge in [0, 0.05) is 17.0 Å². The van der Waals surface area contributed by atoms with Gasteiger partial charge in [0.05, 0.1) is 5.02 Å². The molecular weight excluding hydrogens is 285 g/mol. The maximum absolute atomic E-state index is 13.4. The van der Waals surface area contributed by atoms with Crippen LogP contribution in [0.2, 0.25) is 5.02 Å². The Morgan fingerprint density at radius 3 is 2.63 bits per heavy atom. The number of rotatable bonds is 4. The van der Waals surface area contributed by atoms with Crippen molar-refractivity contribution in [2.45, 2.75) is 26.0 Å². The first-order valence-corrected chi connectivity index (χ1v) is 7.16. The molecule has 0 aliphatic heterocycles. The average Bonchev–Trinajstić information content (AvgIpc) is 2.76. The van der Waals surface area contributed by atoms with E-state index in [1.54, 1.807) is 17.4 Å². The number of hydrogen-bond acceptors (Lipinski definition) is 3. The smallest absolute Gasteiger partial charge is 0.148 e. The number of ether oxygens (including phenoxy) is 1. The van der Waals surface area contributed by atoms with Gasteiger partial charge in [-0.25, -0.2) is 4.39 Å². The Kier molecular flexibility index (Phi) is 4.45. The Morgan fingerprint density at radius 1 is 1.37 bits per heavy atom. The molecule has 2 aromatic rings. The van der Waals surface area contributed by atoms with Crippen molar-refractivity contribution in [1.82, 2.24) is 0 Å². The van der Waals surface area contributed by atoms with Crippen LogP contribution in [0.1, 0.15) is 23.5 Å². The lowest BCUT2D eigenvalue weighted by Gasteiger charge is -2.22. The molecule has 0 saturated carbocycles. The van der Waals surface area contributed by atoms with Crippen molar-refractivity contribution in [2.75, 3.05) is 0 Å². The van der Waals surface area contributed by atoms with E-state index in [4.69, 9.17) is 22.1 Å². The number of halogens is 2. The summed E-state index contributed by atoms with van der Waals surface area (Å²) in [6, 6.07) is 6.22. The second kappa shape index (κ2) is 5.90. The number of aryl methyl sites for hydroxylation is 1. The summed E-state index contributed by atoms with van der Waals surface area (Å²) in [5, 5.41) is 2.07. The van der Waals surface area contributed by atoms with E-state index in [0.29, 0.717) is 5.75 Å². The molecule has 2 rings (SSSR count). The summed E-state index contributed by atoms with van der Waals surface area (Å²) in [4.78, 5) is 1.06. The van der Waals surface area contributed by atoms with Crippen LogP contribution < -0.4 is 10.5 Å². The zero-order valence-corrected chi connectivity index (χ0v) is 12.3. The highest BCUT2D eigenvalue weighted by Crippen LogP contribution is 2.31. The highest BCUT2D eigenvalue weighted by atomic mass is 35.5. The number of thiophene rings is 1. The SMILES string of the molecule is Cc1ccsc1C(Oc1ccc(Cl)c(F)c1)C(C)N. The van der Waals surface area contributed by atoms with Crippen LogP contribution in [0.4, 0.5) is 4.39 Å². The fourth-order valence-electron chi connectivity index (χ4n) is 1.77. The van der Waals surface area contributed by atoms with E-state index >= 15 is 0 Å². The van der Waals surface area contributed by atoms with E-state index in [-0.39, 0.29) is 17.2 Å². The number of nitrogens with two attached hydrogens (primary N) is 1. The van der Waals surface area contributed by atoms with Crippen LogP contribution in [0.15, 0.2) is 29.6 Å². The van der Waals surface area contributed by atoms with Crippen LogP contribution in [-0.4, -0.2) is 6.04 Å². The van der Waals surface area contributed by atoms with E-state index in [1.807, 2.05) is 25.3 Å². The third-order valence-corrected chi connectivity index (χ3v) is 4.18. The van der Waals surface area contributed by atoms with Crippen molar-refractivity contribution in [3.63, 3.8) is 0 Å². The van der Waals surface area contributed by atoms with E-state index in [2.05, 4.69) is 0 Å². The summed E-state index contributed by atoms with van der Waals surface area (Å²) in [6.45, 7) is 3.88. The van der Waals surface area contributed by atoms with Gasteiger partial charge in [-0.15, -0.1) is 11.3 Å². The summed E-state index contributed by atoms with van der Waals surface area (Å²) in [6.07, 6.45) is -0.291. The second-order valence-electron chi connectivity index (χ2n) is 4.44. The van der Waals surface area contributed by atoms with Gasteiger partial charge in [-0.3, -0.25) is 0 Å². The highest BCUT2D eigenvalue weighted by Gasteiger charge is 2.21. The Morgan fingerprint density at radius 2 is 2.11 bits per heavy atom. The molecular formula is C14H15ClFNOS. The van der Waals surface area contributed by atoms with Crippen molar-refractivity contribution in [2.24, 2.45) is 5.73 Å². The largest absolute Gasteiger partial charge is 0.483 e. The summed E-state index contributed by atoms with van der Waals surface area (Å²) in [7, 11) is 0. The molecule has 0 fully saturated rings. The minimum Gasteiger partial charge on any atom is -0.483 e. The quantitative estimate of drug-likeness (QED) is 0.912. The van der Waals surface area contributed by atoms with Gasteiger partial charge in [0.25, 0.3) is 0 Å². The summed E-state index contributed by atoms with van der Waals surface area (Å²) in [5.41, 5.74) is 7.10. The third-order valence-electron chi connectivity index (χ3n) is 2.79. The van der Waals surface area contributed by atoms with Gasteiger partial charge >= 0.3 is 0 Å². The Balaban J connectivity index is 2.27. The molecule has 1 aromatic carbocycles. The molecule has 0 radical (unpaired) electrons. The molecule has 102 valence electrons. The maximum Gasteiger partial charge on any atom is 0.148 e. The van der Waals surface area contributed by atoms with Crippen LogP contribution in [-0.2, 0) is 0 Å². The van der Waals surface area contributed by atoms with Crippen LogP contribution in [0.3, 0.4) is 0 Å². The second-order valence-corrected chi connectivity index (χ2v) is 5.80. The van der Waals surface area contributed by atoms with Gasteiger partial charge in [-0.05, 0) is 43.0 Å². The van der Waals surface area contributed by atoms with Crippen LogP contribution in [0.25, 0.3) is 0 Å². The van der Waals surface area contributed by atoms with Crippen molar-refractivity contribution in [3.05, 3.63) is 50.9 Å². The van der Waals surface area contributed by atoms with E-state index in [1.165, 1.54) is 12.1 Å². The third kappa shape index (κ3) is 3.26. The van der Waals surface area contributed by atoms with Gasteiger partial charge in [0.1, 0.15) is 17.7 Å². The van der Waals surface area contributed by atoms with E-state index in [0.717, 1.165) is 10.4 Å². The highest BCUT2D eigenvalue weighted by molar-refractivity contribution is 7.10. The summed E-state index contributed by atoms with van der Waals surface area (Å²) >= 11 is 7.24. The molecule has 0 saturated heterocycles. The standard InChI is InChI=1S/C14H15ClFNOS/c1-8-5-6-19-14(8)13(9(2)17)18-10-3-4-11(15)12(16)7-10/h3-7,9,13H,17H2,1-2H3. The lowest BCUT2D eigenvalue weighted by atomic mass is 10.1. The Bertz CT molecular complexity index is 570. The van der Waals surface area contributed by atoms with Crippen molar-refractivity contribution < 1.29 is 9.13 Å². The van der Waals surface area contributed by atoms with Gasteiger partial charge in [0.2, 0.25) is 0 Å². The molecule has 0 amide bonds. The van der Waals surface area contributed by atoms with Gasteiger partial charge in [-0.2, -0.15) is 0 Å². The maximum atomic E-state index is 13.4. The number of benzene rings is 1. The molecule has 2 unspecified atom stereocenters. The zero-order chi connectivity index (χ0) is 14.0. The zero-order valence-electron chi connectivity index (χ0n) is 10.7. The van der Waals surface area contributed by atoms with Gasteiger partial charge < -0.3 is 10.5 Å². The van der Waals surface area contributed by atoms with Crippen LogP contribution in [0.5, 0.6) is 5.75 Å². The minimum atomic E-state index is -0.495. The molecule has 19 heavy (non-hydrogen) atoms. The van der Waals surface area contributed by atoms with E-state index in [9.17, 15) is 4.39 Å². The lowest BCUT2D eigenvalue weighted by molar-refractivity contribution is 0.183. The van der Waals surface area contributed by atoms with Gasteiger partial charge in [-0.1, -0.05) is 11.6 Å². The molecule has 1 aromatic heterocycles. The topological polar surface area (TPSA) is 35.2 Å². The normalized spacial score (nSPS) is 14.2. The first kappa shape index (κ1) is 14.3. The molecule has 0 aliphatic carbocycles. The van der Waals surface area contributed by atoms with Gasteiger partial charge in [0.15, 0.2) is 0 Å². The van der Waals surface area contributed by atoms with Crippen LogP contribution >= 0.6 is 22.9 Å². The van der Waals surface area contributed by atoms with Crippen molar-refractivity contribution >= 4 is 22.9 Å². The predicted molar refractivity (Wildman–Crippen MR) is 77.5 cm³/mol. The minimum absolute atomic E-state index is 0.0806. The van der Waals surface area contributed by atoms with Crippen molar-refractivity contribution in [1.29, 1.82) is 0 Å². The first-order chi connectivity index (χ1) is 8.99. The fourth-order valence-corrected chi connectivity index (χ4v) is 2.96. The summed E-state index contributed by atoms with van der Waals surface area (Å²) in [5.74, 6) is -0.0671. The fraction of sp³-hybridized carbons (Fsp3) is 0.286. The number of hydrogen-bond donors (Lipinski definition) is 1. The predicted octanol–water partition coefficient (Wildman–Crippen LogP) is 4.32.